The fourth-order valence-electron chi connectivity index (χ4n) is 3.45. The Kier molecular flexibility index (Phi) is 5.34. The normalized spacial score (nSPS) is 16.1. The molecule has 0 radical (unpaired) electrons. The quantitative estimate of drug-likeness (QED) is 0.874. The minimum Gasteiger partial charge on any atom is -0.493 e. The molecule has 0 saturated carbocycles. The van der Waals surface area contributed by atoms with Gasteiger partial charge in [-0.15, -0.1) is 0 Å². The molecule has 2 N–H and O–H groups in total. The van der Waals surface area contributed by atoms with E-state index < -0.39 is 0 Å². The van der Waals surface area contributed by atoms with Crippen molar-refractivity contribution in [1.82, 2.24) is 0 Å². The number of ether oxygens (including phenoxy) is 4. The number of methoxy groups -OCH3 is 3. The van der Waals surface area contributed by atoms with Crippen LogP contribution < -0.4 is 24.3 Å². The lowest BCUT2D eigenvalue weighted by Crippen LogP contribution is -2.87. The number of hydrogen-bond acceptors (Lipinski definition) is 4. The van der Waals surface area contributed by atoms with Crippen LogP contribution in [0.15, 0.2) is 30.3 Å². The van der Waals surface area contributed by atoms with Crippen LogP contribution >= 0.6 is 0 Å². The Morgan fingerprint density at radius 1 is 0.920 bits per heavy atom. The number of rotatable bonds is 6. The van der Waals surface area contributed by atoms with Crippen LogP contribution in [0.4, 0.5) is 0 Å². The van der Waals surface area contributed by atoms with Crippen LogP contribution in [-0.2, 0) is 6.42 Å². The second-order valence-corrected chi connectivity index (χ2v) is 6.00. The van der Waals surface area contributed by atoms with Crippen molar-refractivity contribution in [3.8, 4) is 23.0 Å². The van der Waals surface area contributed by atoms with Crippen molar-refractivity contribution in [1.29, 1.82) is 0 Å². The molecule has 0 bridgehead atoms. The number of nitrogens with two attached hydrogens (primary N) is 1. The SMILES string of the molecule is CCOc1cc2c(cc1OC)[C@@H](c1ccc(OC)c(OC)c1)[NH2+]CC2. The summed E-state index contributed by atoms with van der Waals surface area (Å²) in [4.78, 5) is 0. The fourth-order valence-corrected chi connectivity index (χ4v) is 3.45. The van der Waals surface area contributed by atoms with Crippen molar-refractivity contribution in [3.05, 3.63) is 47.0 Å². The molecule has 0 fully saturated rings. The van der Waals surface area contributed by atoms with Gasteiger partial charge in [0.15, 0.2) is 23.0 Å². The molecule has 0 amide bonds. The third-order valence-corrected chi connectivity index (χ3v) is 4.64. The van der Waals surface area contributed by atoms with Crippen LogP contribution in [0.2, 0.25) is 0 Å². The second kappa shape index (κ2) is 7.66. The van der Waals surface area contributed by atoms with Gasteiger partial charge in [0.05, 0.1) is 34.5 Å². The molecule has 3 rings (SSSR count). The first kappa shape index (κ1) is 17.4. The number of quaternary nitrogens is 1. The number of fused-ring (bicyclic) bond motifs is 1. The molecule has 1 aliphatic rings. The second-order valence-electron chi connectivity index (χ2n) is 6.00. The summed E-state index contributed by atoms with van der Waals surface area (Å²) < 4.78 is 22.1. The van der Waals surface area contributed by atoms with Gasteiger partial charge < -0.3 is 24.3 Å². The highest BCUT2D eigenvalue weighted by Gasteiger charge is 2.28. The Balaban J connectivity index is 2.04. The molecular formula is C20H26NO4+. The molecule has 2 aromatic carbocycles. The van der Waals surface area contributed by atoms with Gasteiger partial charge in [-0.2, -0.15) is 0 Å². The van der Waals surface area contributed by atoms with Gasteiger partial charge in [0.2, 0.25) is 0 Å². The fraction of sp³-hybridized carbons (Fsp3) is 0.400. The number of hydrogen-bond donors (Lipinski definition) is 1. The number of benzene rings is 2. The first-order valence-electron chi connectivity index (χ1n) is 8.60. The van der Waals surface area contributed by atoms with Crippen molar-refractivity contribution in [3.63, 3.8) is 0 Å². The van der Waals surface area contributed by atoms with Gasteiger partial charge in [0.1, 0.15) is 6.04 Å². The topological polar surface area (TPSA) is 53.5 Å². The maximum atomic E-state index is 5.73. The van der Waals surface area contributed by atoms with Gasteiger partial charge in [0, 0.05) is 17.5 Å². The first-order valence-corrected chi connectivity index (χ1v) is 8.60. The molecule has 1 aliphatic heterocycles. The minimum absolute atomic E-state index is 0.202. The van der Waals surface area contributed by atoms with E-state index in [4.69, 9.17) is 18.9 Å². The molecule has 1 atom stereocenters. The zero-order valence-corrected chi connectivity index (χ0v) is 15.3. The maximum absolute atomic E-state index is 5.73. The smallest absolute Gasteiger partial charge is 0.161 e. The molecular weight excluding hydrogens is 318 g/mol. The average Bonchev–Trinajstić information content (AvgIpc) is 2.66. The maximum Gasteiger partial charge on any atom is 0.161 e. The predicted molar refractivity (Wildman–Crippen MR) is 96.0 cm³/mol. The van der Waals surface area contributed by atoms with Crippen LogP contribution in [0, 0.1) is 0 Å². The summed E-state index contributed by atoms with van der Waals surface area (Å²) in [6.07, 6.45) is 1.02. The Morgan fingerprint density at radius 2 is 1.64 bits per heavy atom. The van der Waals surface area contributed by atoms with E-state index >= 15 is 0 Å². The molecule has 0 aromatic heterocycles. The summed E-state index contributed by atoms with van der Waals surface area (Å²) in [5, 5.41) is 2.35. The van der Waals surface area contributed by atoms with Crippen LogP contribution in [0.5, 0.6) is 23.0 Å². The van der Waals surface area contributed by atoms with Gasteiger partial charge in [-0.3, -0.25) is 0 Å². The van der Waals surface area contributed by atoms with Crippen molar-refractivity contribution in [2.24, 2.45) is 0 Å². The lowest BCUT2D eigenvalue weighted by atomic mass is 9.89. The summed E-state index contributed by atoms with van der Waals surface area (Å²) in [7, 11) is 5.00. The highest BCUT2D eigenvalue weighted by molar-refractivity contribution is 5.52. The van der Waals surface area contributed by atoms with Crippen molar-refractivity contribution >= 4 is 0 Å². The largest absolute Gasteiger partial charge is 0.493 e. The highest BCUT2D eigenvalue weighted by Crippen LogP contribution is 2.37. The Morgan fingerprint density at radius 3 is 2.32 bits per heavy atom. The van der Waals surface area contributed by atoms with E-state index in [0.29, 0.717) is 6.61 Å². The van der Waals surface area contributed by atoms with Crippen LogP contribution in [0.25, 0.3) is 0 Å². The lowest BCUT2D eigenvalue weighted by molar-refractivity contribution is -0.690. The molecule has 0 spiro atoms. The third-order valence-electron chi connectivity index (χ3n) is 4.64. The molecule has 134 valence electrons. The molecule has 0 saturated heterocycles. The highest BCUT2D eigenvalue weighted by atomic mass is 16.5. The Hall–Kier alpha value is -2.40. The van der Waals surface area contributed by atoms with E-state index in [1.807, 2.05) is 13.0 Å². The van der Waals surface area contributed by atoms with E-state index in [-0.39, 0.29) is 6.04 Å². The molecule has 2 aromatic rings. The van der Waals surface area contributed by atoms with E-state index in [1.165, 1.54) is 16.7 Å². The summed E-state index contributed by atoms with van der Waals surface area (Å²) in [5.41, 5.74) is 3.76. The lowest BCUT2D eigenvalue weighted by Gasteiger charge is -2.26. The van der Waals surface area contributed by atoms with Gasteiger partial charge in [-0.1, -0.05) is 0 Å². The summed E-state index contributed by atoms with van der Waals surface area (Å²) >= 11 is 0. The first-order chi connectivity index (χ1) is 12.2. The van der Waals surface area contributed by atoms with Gasteiger partial charge in [-0.25, -0.2) is 0 Å². The predicted octanol–water partition coefficient (Wildman–Crippen LogP) is 2.32. The van der Waals surface area contributed by atoms with Gasteiger partial charge in [0.25, 0.3) is 0 Å². The molecule has 5 nitrogen and oxygen atoms in total. The summed E-state index contributed by atoms with van der Waals surface area (Å²) in [6, 6.07) is 10.5. The standard InChI is InChI=1S/C20H25NO4/c1-5-25-19-10-13-8-9-21-20(15(13)12-18(19)24-4)14-6-7-16(22-2)17(11-14)23-3/h6-7,10-12,20-21H,5,8-9H2,1-4H3/p+1/t20-/m1/s1. The minimum atomic E-state index is 0.202. The van der Waals surface area contributed by atoms with E-state index in [0.717, 1.165) is 36.0 Å². The van der Waals surface area contributed by atoms with Crippen molar-refractivity contribution in [2.75, 3.05) is 34.5 Å². The summed E-state index contributed by atoms with van der Waals surface area (Å²) in [5.74, 6) is 3.09. The molecule has 25 heavy (non-hydrogen) atoms. The van der Waals surface area contributed by atoms with E-state index in [2.05, 4.69) is 29.6 Å². The third kappa shape index (κ3) is 3.37. The molecule has 5 heteroatoms. The van der Waals surface area contributed by atoms with Gasteiger partial charge >= 0.3 is 0 Å². The van der Waals surface area contributed by atoms with Crippen LogP contribution in [0.3, 0.4) is 0 Å². The molecule has 0 unspecified atom stereocenters. The van der Waals surface area contributed by atoms with Crippen LogP contribution in [0.1, 0.15) is 29.7 Å². The van der Waals surface area contributed by atoms with Crippen molar-refractivity contribution in [2.45, 2.75) is 19.4 Å². The Bertz CT molecular complexity index is 745. The summed E-state index contributed by atoms with van der Waals surface area (Å²) in [6.45, 7) is 3.64. The Labute approximate surface area is 148 Å². The van der Waals surface area contributed by atoms with Crippen LogP contribution in [-0.4, -0.2) is 34.5 Å². The molecule has 1 heterocycles. The van der Waals surface area contributed by atoms with Crippen molar-refractivity contribution < 1.29 is 24.3 Å². The zero-order valence-electron chi connectivity index (χ0n) is 15.3. The van der Waals surface area contributed by atoms with E-state index in [1.54, 1.807) is 21.3 Å². The average molecular weight is 344 g/mol. The van der Waals surface area contributed by atoms with Gasteiger partial charge in [-0.05, 0) is 42.8 Å². The monoisotopic (exact) mass is 344 g/mol. The zero-order chi connectivity index (χ0) is 17.8. The molecule has 0 aliphatic carbocycles. The van der Waals surface area contributed by atoms with E-state index in [9.17, 15) is 0 Å².